The van der Waals surface area contributed by atoms with Gasteiger partial charge in [-0.05, 0) is 55.3 Å². The molecular formula is C19H19ClN2O3S. The first kappa shape index (κ1) is 17.4. The van der Waals surface area contributed by atoms with Crippen LogP contribution >= 0.6 is 11.6 Å². The van der Waals surface area contributed by atoms with E-state index in [1.807, 2.05) is 32.0 Å². The van der Waals surface area contributed by atoms with Crippen LogP contribution in [0.2, 0.25) is 5.02 Å². The molecule has 0 bridgehead atoms. The number of amides is 2. The molecule has 2 atom stereocenters. The quantitative estimate of drug-likeness (QED) is 0.736. The van der Waals surface area contributed by atoms with E-state index in [1.165, 1.54) is 0 Å². The number of nitrogens with zero attached hydrogens (tertiary/aromatic N) is 2. The van der Waals surface area contributed by atoms with Crippen molar-refractivity contribution in [3.63, 3.8) is 0 Å². The smallest absolute Gasteiger partial charge is 0.288 e. The fraction of sp³-hybridized carbons (Fsp3) is 0.316. The minimum Gasteiger partial charge on any atom is -0.288 e. The number of carbonyl (C=O) groups excluding carboxylic acids is 1. The van der Waals surface area contributed by atoms with Crippen LogP contribution in [0.1, 0.15) is 11.1 Å². The molecule has 0 saturated carbocycles. The molecule has 0 unspecified atom stereocenters. The predicted molar refractivity (Wildman–Crippen MR) is 104 cm³/mol. The van der Waals surface area contributed by atoms with Crippen LogP contribution < -0.4 is 9.80 Å². The van der Waals surface area contributed by atoms with Crippen molar-refractivity contribution >= 4 is 38.8 Å². The first-order valence-electron chi connectivity index (χ1n) is 8.43. The standard InChI is InChI=1S/C19H19ClN2O3S/c1-12-4-3-5-16(13(12)2)22-18-11-26(24,25)10-17(18)21(19(22)23)15-8-6-14(20)7-9-15/h3-9,17-18H,10-11H2,1-2H3/t17-,18+/m0/s1. The maximum atomic E-state index is 13.3. The van der Waals surface area contributed by atoms with Gasteiger partial charge in [0.25, 0.3) is 0 Å². The Morgan fingerprint density at radius 3 is 2.23 bits per heavy atom. The Morgan fingerprint density at radius 1 is 0.962 bits per heavy atom. The number of sulfone groups is 1. The minimum absolute atomic E-state index is 0.0130. The Balaban J connectivity index is 1.84. The summed E-state index contributed by atoms with van der Waals surface area (Å²) in [5.74, 6) is -0.0335. The molecule has 7 heteroatoms. The van der Waals surface area contributed by atoms with Crippen LogP contribution in [-0.2, 0) is 9.84 Å². The number of aryl methyl sites for hydroxylation is 1. The van der Waals surface area contributed by atoms with Crippen LogP contribution in [0.4, 0.5) is 16.2 Å². The lowest BCUT2D eigenvalue weighted by atomic mass is 10.1. The molecule has 2 aliphatic rings. The summed E-state index contributed by atoms with van der Waals surface area (Å²) in [6.45, 7) is 3.95. The van der Waals surface area contributed by atoms with Crippen LogP contribution in [0.25, 0.3) is 0 Å². The number of anilines is 2. The summed E-state index contributed by atoms with van der Waals surface area (Å²) in [4.78, 5) is 16.6. The third kappa shape index (κ3) is 2.68. The highest BCUT2D eigenvalue weighted by Gasteiger charge is 2.54. The average Bonchev–Trinajstić information content (AvgIpc) is 3.01. The van der Waals surface area contributed by atoms with Crippen molar-refractivity contribution in [2.75, 3.05) is 21.3 Å². The molecule has 2 fully saturated rings. The second-order valence-electron chi connectivity index (χ2n) is 6.93. The molecule has 0 radical (unpaired) electrons. The van der Waals surface area contributed by atoms with Gasteiger partial charge >= 0.3 is 6.03 Å². The molecule has 0 aromatic heterocycles. The monoisotopic (exact) mass is 390 g/mol. The second-order valence-corrected chi connectivity index (χ2v) is 9.52. The topological polar surface area (TPSA) is 57.7 Å². The van der Waals surface area contributed by atoms with Gasteiger partial charge in [-0.25, -0.2) is 13.2 Å². The van der Waals surface area contributed by atoms with E-state index in [1.54, 1.807) is 34.1 Å². The molecule has 2 aromatic rings. The SMILES string of the molecule is Cc1cccc(N2C(=O)N(c3ccc(Cl)cc3)[C@H]3CS(=O)(=O)C[C@H]32)c1C. The number of halogens is 1. The lowest BCUT2D eigenvalue weighted by Crippen LogP contribution is -2.38. The number of hydrogen-bond acceptors (Lipinski definition) is 3. The summed E-state index contributed by atoms with van der Waals surface area (Å²) in [6.07, 6.45) is 0. The van der Waals surface area contributed by atoms with Gasteiger partial charge in [0.2, 0.25) is 0 Å². The van der Waals surface area contributed by atoms with Crippen molar-refractivity contribution in [2.24, 2.45) is 0 Å². The van der Waals surface area contributed by atoms with E-state index < -0.39 is 15.9 Å². The van der Waals surface area contributed by atoms with Crippen molar-refractivity contribution in [2.45, 2.75) is 25.9 Å². The number of urea groups is 1. The fourth-order valence-electron chi connectivity index (χ4n) is 3.89. The molecule has 2 aliphatic heterocycles. The molecule has 2 amide bonds. The molecule has 5 nitrogen and oxygen atoms in total. The molecular weight excluding hydrogens is 372 g/mol. The molecule has 2 heterocycles. The van der Waals surface area contributed by atoms with Gasteiger partial charge in [-0.2, -0.15) is 0 Å². The Hall–Kier alpha value is -2.05. The van der Waals surface area contributed by atoms with Crippen LogP contribution in [0.15, 0.2) is 42.5 Å². The lowest BCUT2D eigenvalue weighted by molar-refractivity contribution is 0.255. The van der Waals surface area contributed by atoms with Crippen molar-refractivity contribution in [3.05, 3.63) is 58.6 Å². The third-order valence-electron chi connectivity index (χ3n) is 5.31. The summed E-state index contributed by atoms with van der Waals surface area (Å²) in [6, 6.07) is 11.7. The van der Waals surface area contributed by atoms with Gasteiger partial charge in [-0.3, -0.25) is 9.80 Å². The minimum atomic E-state index is -3.20. The first-order chi connectivity index (χ1) is 12.3. The second kappa shape index (κ2) is 5.99. The zero-order valence-electron chi connectivity index (χ0n) is 14.5. The molecule has 26 heavy (non-hydrogen) atoms. The normalized spacial score (nSPS) is 24.2. The molecule has 2 aromatic carbocycles. The fourth-order valence-corrected chi connectivity index (χ4v) is 5.93. The van der Waals surface area contributed by atoms with Crippen molar-refractivity contribution in [1.82, 2.24) is 0 Å². The average molecular weight is 391 g/mol. The van der Waals surface area contributed by atoms with Gasteiger partial charge in [0.1, 0.15) is 0 Å². The number of rotatable bonds is 2. The summed E-state index contributed by atoms with van der Waals surface area (Å²) in [7, 11) is -3.20. The van der Waals surface area contributed by atoms with E-state index in [0.29, 0.717) is 10.7 Å². The maximum Gasteiger partial charge on any atom is 0.329 e. The number of hydrogen-bond donors (Lipinski definition) is 0. The largest absolute Gasteiger partial charge is 0.329 e. The summed E-state index contributed by atoms with van der Waals surface area (Å²) in [5.41, 5.74) is 3.50. The molecule has 0 aliphatic carbocycles. The number of fused-ring (bicyclic) bond motifs is 1. The van der Waals surface area contributed by atoms with Gasteiger partial charge < -0.3 is 0 Å². The van der Waals surface area contributed by atoms with E-state index in [9.17, 15) is 13.2 Å². The van der Waals surface area contributed by atoms with Crippen molar-refractivity contribution in [1.29, 1.82) is 0 Å². The Kier molecular flexibility index (Phi) is 4.00. The molecule has 0 N–H and O–H groups in total. The highest BCUT2D eigenvalue weighted by atomic mass is 35.5. The van der Waals surface area contributed by atoms with Crippen molar-refractivity contribution < 1.29 is 13.2 Å². The van der Waals surface area contributed by atoms with Gasteiger partial charge in [-0.1, -0.05) is 23.7 Å². The maximum absolute atomic E-state index is 13.3. The summed E-state index contributed by atoms with van der Waals surface area (Å²) >= 11 is 5.96. The molecule has 136 valence electrons. The van der Waals surface area contributed by atoms with E-state index >= 15 is 0 Å². The Morgan fingerprint density at radius 2 is 1.58 bits per heavy atom. The summed E-state index contributed by atoms with van der Waals surface area (Å²) < 4.78 is 24.6. The Labute approximate surface area is 158 Å². The summed E-state index contributed by atoms with van der Waals surface area (Å²) in [5, 5.41) is 0.572. The van der Waals surface area contributed by atoms with Crippen molar-refractivity contribution in [3.8, 4) is 0 Å². The van der Waals surface area contributed by atoms with Gasteiger partial charge in [-0.15, -0.1) is 0 Å². The van der Waals surface area contributed by atoms with Gasteiger partial charge in [0.05, 0.1) is 23.6 Å². The van der Waals surface area contributed by atoms with Crippen LogP contribution in [-0.4, -0.2) is 38.0 Å². The van der Waals surface area contributed by atoms with E-state index in [0.717, 1.165) is 16.8 Å². The molecule has 4 rings (SSSR count). The van der Waals surface area contributed by atoms with Gasteiger partial charge in [0, 0.05) is 16.4 Å². The van der Waals surface area contributed by atoms with Crippen LogP contribution in [0, 0.1) is 13.8 Å². The first-order valence-corrected chi connectivity index (χ1v) is 10.6. The molecule has 2 saturated heterocycles. The third-order valence-corrected chi connectivity index (χ3v) is 7.26. The Bertz CT molecular complexity index is 988. The highest BCUT2D eigenvalue weighted by molar-refractivity contribution is 7.91. The van der Waals surface area contributed by atoms with E-state index in [4.69, 9.17) is 11.6 Å². The number of benzene rings is 2. The van der Waals surface area contributed by atoms with Crippen LogP contribution in [0.5, 0.6) is 0 Å². The molecule has 0 spiro atoms. The van der Waals surface area contributed by atoms with E-state index in [2.05, 4.69) is 0 Å². The van der Waals surface area contributed by atoms with Gasteiger partial charge in [0.15, 0.2) is 9.84 Å². The van der Waals surface area contributed by atoms with Crippen LogP contribution in [0.3, 0.4) is 0 Å². The van der Waals surface area contributed by atoms with E-state index in [-0.39, 0.29) is 23.6 Å². The number of carbonyl (C=O) groups is 1. The highest BCUT2D eigenvalue weighted by Crippen LogP contribution is 2.39. The lowest BCUT2D eigenvalue weighted by Gasteiger charge is -2.24. The zero-order chi connectivity index (χ0) is 18.6. The zero-order valence-corrected chi connectivity index (χ0v) is 16.1. The predicted octanol–water partition coefficient (Wildman–Crippen LogP) is 3.57.